The van der Waals surface area contributed by atoms with Gasteiger partial charge in [-0.3, -0.25) is 14.4 Å². The van der Waals surface area contributed by atoms with Crippen molar-refractivity contribution < 1.29 is 88.5 Å². The minimum absolute atomic E-state index is 0. The first-order valence-electron chi connectivity index (χ1n) is 2.78. The van der Waals surface area contributed by atoms with Crippen LogP contribution in [0.3, 0.4) is 0 Å². The SMILES string of the molecule is CC(=O)O.CC(=O)O.CC(=O)O.O.O.O.O.[Tm]. The van der Waals surface area contributed by atoms with E-state index in [-0.39, 0.29) is 58.8 Å². The third-order valence-electron chi connectivity index (χ3n) is 0. The molecule has 0 unspecified atom stereocenters. The number of hydrogen-bond acceptors (Lipinski definition) is 3. The Morgan fingerprint density at radius 1 is 0.588 bits per heavy atom. The summed E-state index contributed by atoms with van der Waals surface area (Å²) >= 11 is 0. The van der Waals surface area contributed by atoms with E-state index in [1.54, 1.807) is 0 Å². The molecule has 0 aromatic carbocycles. The van der Waals surface area contributed by atoms with Gasteiger partial charge in [-0.05, 0) is 0 Å². The van der Waals surface area contributed by atoms with E-state index in [9.17, 15) is 0 Å². The molecular formula is C6H20O10Tm. The Labute approximate surface area is 127 Å². The number of aliphatic carboxylic acids is 3. The van der Waals surface area contributed by atoms with Gasteiger partial charge in [-0.25, -0.2) is 0 Å². The molecule has 0 rings (SSSR count). The third-order valence-corrected chi connectivity index (χ3v) is 0. The molecule has 0 fully saturated rings. The van der Waals surface area contributed by atoms with E-state index >= 15 is 0 Å². The maximum atomic E-state index is 9.00. The molecule has 0 bridgehead atoms. The molecule has 0 heterocycles. The molecule has 17 heavy (non-hydrogen) atoms. The van der Waals surface area contributed by atoms with Gasteiger partial charge in [-0.2, -0.15) is 0 Å². The maximum Gasteiger partial charge on any atom is 0.300 e. The normalized spacial score (nSPS) is 4.41. The fourth-order valence-corrected chi connectivity index (χ4v) is 0. The first-order valence-corrected chi connectivity index (χ1v) is 2.78. The van der Waals surface area contributed by atoms with Crippen LogP contribution < -0.4 is 0 Å². The average molecular weight is 421 g/mol. The van der Waals surface area contributed by atoms with E-state index in [0.29, 0.717) is 0 Å². The van der Waals surface area contributed by atoms with Crippen LogP contribution in [0.4, 0.5) is 0 Å². The number of hydrogen-bond donors (Lipinski definition) is 3. The summed E-state index contributed by atoms with van der Waals surface area (Å²) in [6, 6.07) is 0. The van der Waals surface area contributed by atoms with Crippen molar-refractivity contribution in [1.29, 1.82) is 0 Å². The monoisotopic (exact) mass is 421 g/mol. The molecule has 11 N–H and O–H groups in total. The summed E-state index contributed by atoms with van der Waals surface area (Å²) in [6.07, 6.45) is 0. The van der Waals surface area contributed by atoms with Gasteiger partial charge in [0, 0.05) is 57.6 Å². The largest absolute Gasteiger partial charge is 0.481 e. The fraction of sp³-hybridized carbons (Fsp3) is 0.500. The first-order chi connectivity index (χ1) is 5.20. The molecule has 0 atom stereocenters. The molecular weight excluding hydrogens is 401 g/mol. The van der Waals surface area contributed by atoms with E-state index in [2.05, 4.69) is 0 Å². The molecule has 0 saturated heterocycles. The predicted octanol–water partition coefficient (Wildman–Crippen LogP) is -3.03. The van der Waals surface area contributed by atoms with E-state index in [1.807, 2.05) is 0 Å². The molecule has 0 aliphatic carbocycles. The van der Waals surface area contributed by atoms with Crippen LogP contribution in [0.5, 0.6) is 0 Å². The van der Waals surface area contributed by atoms with Crippen molar-refractivity contribution >= 4 is 17.9 Å². The minimum atomic E-state index is -0.833. The average Bonchev–Trinajstić information content (AvgIpc) is 1.54. The first kappa shape index (κ1) is 54.9. The zero-order valence-corrected chi connectivity index (χ0v) is 11.1. The smallest absolute Gasteiger partial charge is 0.300 e. The fourth-order valence-electron chi connectivity index (χ4n) is 0. The Kier molecular flexibility index (Phi) is 146. The molecule has 0 amide bonds. The minimum Gasteiger partial charge on any atom is -0.481 e. The van der Waals surface area contributed by atoms with Crippen molar-refractivity contribution in [1.82, 2.24) is 0 Å². The van der Waals surface area contributed by atoms with Gasteiger partial charge in [0.15, 0.2) is 0 Å². The van der Waals surface area contributed by atoms with E-state index in [1.165, 1.54) is 0 Å². The predicted molar refractivity (Wildman–Crippen MR) is 54.4 cm³/mol. The second-order valence-electron chi connectivity index (χ2n) is 1.56. The maximum absolute atomic E-state index is 9.00. The van der Waals surface area contributed by atoms with Gasteiger partial charge in [-0.1, -0.05) is 0 Å². The molecule has 117 valence electrons. The zero-order chi connectivity index (χ0) is 10.7. The number of carboxylic acid groups (broad SMARTS) is 3. The van der Waals surface area contributed by atoms with E-state index in [4.69, 9.17) is 29.7 Å². The third kappa shape index (κ3) is 10600. The summed E-state index contributed by atoms with van der Waals surface area (Å²) in [5, 5.41) is 22.2. The molecule has 10 nitrogen and oxygen atoms in total. The summed E-state index contributed by atoms with van der Waals surface area (Å²) < 4.78 is 0. The second-order valence-corrected chi connectivity index (χ2v) is 1.56. The Hall–Kier alpha value is -0.516. The topological polar surface area (TPSA) is 238 Å². The van der Waals surface area contributed by atoms with Gasteiger partial charge in [0.25, 0.3) is 17.9 Å². The summed E-state index contributed by atoms with van der Waals surface area (Å²) in [7, 11) is 0. The van der Waals surface area contributed by atoms with Gasteiger partial charge in [0.1, 0.15) is 0 Å². The van der Waals surface area contributed by atoms with Gasteiger partial charge < -0.3 is 37.2 Å². The summed E-state index contributed by atoms with van der Waals surface area (Å²) in [6.45, 7) is 3.25. The van der Waals surface area contributed by atoms with Crippen molar-refractivity contribution in [2.24, 2.45) is 0 Å². The summed E-state index contributed by atoms with van der Waals surface area (Å²) in [4.78, 5) is 27.0. The van der Waals surface area contributed by atoms with Gasteiger partial charge in [0.05, 0.1) is 0 Å². The molecule has 0 saturated carbocycles. The van der Waals surface area contributed by atoms with Gasteiger partial charge >= 0.3 is 0 Å². The second kappa shape index (κ2) is 45.1. The Bertz CT molecular complexity index is 118. The van der Waals surface area contributed by atoms with Crippen LogP contribution in [0.2, 0.25) is 0 Å². The van der Waals surface area contributed by atoms with Crippen molar-refractivity contribution in [3.63, 3.8) is 0 Å². The van der Waals surface area contributed by atoms with Crippen LogP contribution in [0.15, 0.2) is 0 Å². The van der Waals surface area contributed by atoms with E-state index < -0.39 is 17.9 Å². The van der Waals surface area contributed by atoms with Crippen LogP contribution >= 0.6 is 0 Å². The molecule has 11 heteroatoms. The Balaban J connectivity index is -0.0000000104. The summed E-state index contributed by atoms with van der Waals surface area (Å²) in [5.41, 5.74) is 0. The zero-order valence-electron chi connectivity index (χ0n) is 9.34. The molecule has 0 aliphatic rings. The molecule has 0 spiro atoms. The van der Waals surface area contributed by atoms with Crippen LogP contribution in [-0.4, -0.2) is 55.1 Å². The standard InChI is InChI=1S/3C2H4O2.4H2O.Tm/c3*1-2(3)4;;;;;/h3*1H3,(H,3,4);4*1H2;. The van der Waals surface area contributed by atoms with Gasteiger partial charge in [0.2, 0.25) is 0 Å². The van der Waals surface area contributed by atoms with Crippen molar-refractivity contribution in [2.75, 3.05) is 0 Å². The quantitative estimate of drug-likeness (QED) is 0.367. The number of rotatable bonds is 0. The molecule has 0 aromatic rings. The Morgan fingerprint density at radius 3 is 0.588 bits per heavy atom. The van der Waals surface area contributed by atoms with Crippen molar-refractivity contribution in [3.8, 4) is 0 Å². The molecule has 0 aliphatic heterocycles. The van der Waals surface area contributed by atoms with Crippen LogP contribution in [-0.2, 0) is 14.4 Å². The summed E-state index contributed by atoms with van der Waals surface area (Å²) in [5.74, 6) is -2.50. The molecule has 0 aromatic heterocycles. The molecule has 1 radical (unpaired) electrons. The van der Waals surface area contributed by atoms with Crippen molar-refractivity contribution in [3.05, 3.63) is 0 Å². The number of carbonyl (C=O) groups is 3. The van der Waals surface area contributed by atoms with Crippen LogP contribution in [0, 0.1) is 36.9 Å². The van der Waals surface area contributed by atoms with Crippen LogP contribution in [0.1, 0.15) is 20.8 Å². The van der Waals surface area contributed by atoms with Crippen LogP contribution in [0.25, 0.3) is 0 Å². The van der Waals surface area contributed by atoms with Gasteiger partial charge in [-0.15, -0.1) is 0 Å². The van der Waals surface area contributed by atoms with Crippen molar-refractivity contribution in [2.45, 2.75) is 20.8 Å². The van der Waals surface area contributed by atoms with E-state index in [0.717, 1.165) is 20.8 Å². The number of carboxylic acids is 3. The Morgan fingerprint density at radius 2 is 0.588 bits per heavy atom.